The highest BCUT2D eigenvalue weighted by atomic mass is 16.6. The summed E-state index contributed by atoms with van der Waals surface area (Å²) < 4.78 is 12.8. The van der Waals surface area contributed by atoms with Crippen LogP contribution in [0.25, 0.3) is 0 Å². The number of rotatable bonds is 2. The van der Waals surface area contributed by atoms with Crippen molar-refractivity contribution in [2.45, 2.75) is 104 Å². The van der Waals surface area contributed by atoms with E-state index in [1.165, 1.54) is 5.57 Å². The molecule has 20 heavy (non-hydrogen) atoms. The quantitative estimate of drug-likeness (QED) is 0.643. The van der Waals surface area contributed by atoms with Gasteiger partial charge >= 0.3 is 0 Å². The van der Waals surface area contributed by atoms with E-state index in [1.807, 2.05) is 0 Å². The SMILES string of the molecule is CC1=CCCC(C)(OC(C)(C)C)C(OC(C)(C)C)CC1. The molecule has 0 saturated heterocycles. The standard InChI is InChI=1S/C18H34O2/c1-14-10-9-13-18(8,20-17(5,6)7)15(12-11-14)19-16(2,3)4/h10,15H,9,11-13H2,1-8H3. The van der Waals surface area contributed by atoms with Gasteiger partial charge in [-0.3, -0.25) is 0 Å². The van der Waals surface area contributed by atoms with Gasteiger partial charge < -0.3 is 9.47 Å². The van der Waals surface area contributed by atoms with Gasteiger partial charge in [-0.05, 0) is 81.1 Å². The van der Waals surface area contributed by atoms with E-state index in [1.54, 1.807) is 0 Å². The molecule has 1 aliphatic rings. The summed E-state index contributed by atoms with van der Waals surface area (Å²) in [4.78, 5) is 0. The third-order valence-electron chi connectivity index (χ3n) is 3.65. The van der Waals surface area contributed by atoms with E-state index < -0.39 is 0 Å². The van der Waals surface area contributed by atoms with E-state index in [0.29, 0.717) is 0 Å². The van der Waals surface area contributed by atoms with Crippen LogP contribution < -0.4 is 0 Å². The van der Waals surface area contributed by atoms with Gasteiger partial charge in [-0.25, -0.2) is 0 Å². The molecule has 0 aromatic rings. The molecule has 0 saturated carbocycles. The highest BCUT2D eigenvalue weighted by molar-refractivity contribution is 5.04. The number of hydrogen-bond donors (Lipinski definition) is 0. The Kier molecular flexibility index (Phi) is 5.48. The summed E-state index contributed by atoms with van der Waals surface area (Å²) in [7, 11) is 0. The Labute approximate surface area is 125 Å². The molecule has 2 nitrogen and oxygen atoms in total. The van der Waals surface area contributed by atoms with E-state index in [4.69, 9.17) is 9.47 Å². The molecule has 0 N–H and O–H groups in total. The number of allylic oxidation sites excluding steroid dienone is 2. The maximum absolute atomic E-state index is 6.44. The predicted octanol–water partition coefficient (Wildman–Crippen LogP) is 5.26. The molecule has 1 aliphatic carbocycles. The smallest absolute Gasteiger partial charge is 0.0925 e. The first-order valence-corrected chi connectivity index (χ1v) is 7.95. The zero-order valence-electron chi connectivity index (χ0n) is 14.8. The molecule has 1 rings (SSSR count). The Morgan fingerprint density at radius 1 is 1.10 bits per heavy atom. The normalized spacial score (nSPS) is 29.6. The Bertz CT molecular complexity index is 343. The average molecular weight is 282 g/mol. The van der Waals surface area contributed by atoms with E-state index in [9.17, 15) is 0 Å². The Hall–Kier alpha value is -0.340. The van der Waals surface area contributed by atoms with E-state index in [-0.39, 0.29) is 22.9 Å². The van der Waals surface area contributed by atoms with Gasteiger partial charge in [0, 0.05) is 0 Å². The van der Waals surface area contributed by atoms with Crippen molar-refractivity contribution in [3.8, 4) is 0 Å². The summed E-state index contributed by atoms with van der Waals surface area (Å²) in [5.74, 6) is 0. The third-order valence-corrected chi connectivity index (χ3v) is 3.65. The van der Waals surface area contributed by atoms with Crippen molar-refractivity contribution < 1.29 is 9.47 Å². The Morgan fingerprint density at radius 3 is 2.20 bits per heavy atom. The predicted molar refractivity (Wildman–Crippen MR) is 86.1 cm³/mol. The topological polar surface area (TPSA) is 18.5 Å². The molecule has 0 spiro atoms. The van der Waals surface area contributed by atoms with Gasteiger partial charge in [0.2, 0.25) is 0 Å². The van der Waals surface area contributed by atoms with Crippen molar-refractivity contribution in [2.75, 3.05) is 0 Å². The second-order valence-electron chi connectivity index (χ2n) is 8.37. The lowest BCUT2D eigenvalue weighted by Gasteiger charge is -2.45. The van der Waals surface area contributed by atoms with Crippen LogP contribution in [0.5, 0.6) is 0 Å². The van der Waals surface area contributed by atoms with Crippen LogP contribution in [-0.2, 0) is 9.47 Å². The van der Waals surface area contributed by atoms with Gasteiger partial charge in [0.15, 0.2) is 0 Å². The molecule has 0 radical (unpaired) electrons. The van der Waals surface area contributed by atoms with Crippen molar-refractivity contribution in [2.24, 2.45) is 0 Å². The fraction of sp³-hybridized carbons (Fsp3) is 0.889. The average Bonchev–Trinajstić information content (AvgIpc) is 2.18. The molecule has 2 unspecified atom stereocenters. The number of ether oxygens (including phenoxy) is 2. The molecule has 2 heteroatoms. The van der Waals surface area contributed by atoms with E-state index in [2.05, 4.69) is 61.5 Å². The molecule has 0 aliphatic heterocycles. The molecule has 0 bridgehead atoms. The number of hydrogen-bond acceptors (Lipinski definition) is 2. The Balaban J connectivity index is 2.98. The van der Waals surface area contributed by atoms with Crippen molar-refractivity contribution >= 4 is 0 Å². The van der Waals surface area contributed by atoms with Crippen LogP contribution in [0.15, 0.2) is 11.6 Å². The summed E-state index contributed by atoms with van der Waals surface area (Å²) in [6, 6.07) is 0. The first-order chi connectivity index (χ1) is 8.91. The zero-order valence-corrected chi connectivity index (χ0v) is 14.8. The lowest BCUT2D eigenvalue weighted by molar-refractivity contribution is -0.217. The molecular weight excluding hydrogens is 248 g/mol. The largest absolute Gasteiger partial charge is 0.370 e. The lowest BCUT2D eigenvalue weighted by Crippen LogP contribution is -2.50. The van der Waals surface area contributed by atoms with Crippen LogP contribution >= 0.6 is 0 Å². The monoisotopic (exact) mass is 282 g/mol. The van der Waals surface area contributed by atoms with Crippen LogP contribution in [-0.4, -0.2) is 22.9 Å². The first kappa shape index (κ1) is 17.7. The van der Waals surface area contributed by atoms with Crippen LogP contribution in [0.1, 0.15) is 81.1 Å². The van der Waals surface area contributed by atoms with E-state index >= 15 is 0 Å². The van der Waals surface area contributed by atoms with Crippen molar-refractivity contribution in [3.63, 3.8) is 0 Å². The van der Waals surface area contributed by atoms with Gasteiger partial charge in [-0.1, -0.05) is 11.6 Å². The van der Waals surface area contributed by atoms with Crippen LogP contribution in [0.3, 0.4) is 0 Å². The summed E-state index contributed by atoms with van der Waals surface area (Å²) >= 11 is 0. The molecular formula is C18H34O2. The zero-order chi connectivity index (χ0) is 15.6. The highest BCUT2D eigenvalue weighted by Gasteiger charge is 2.41. The van der Waals surface area contributed by atoms with Crippen molar-refractivity contribution in [1.29, 1.82) is 0 Å². The molecule has 0 fully saturated rings. The van der Waals surface area contributed by atoms with Crippen LogP contribution in [0.4, 0.5) is 0 Å². The minimum Gasteiger partial charge on any atom is -0.370 e. The van der Waals surface area contributed by atoms with Gasteiger partial charge in [0.1, 0.15) is 0 Å². The maximum Gasteiger partial charge on any atom is 0.0925 e. The molecule has 0 heterocycles. The van der Waals surface area contributed by atoms with Crippen LogP contribution in [0.2, 0.25) is 0 Å². The fourth-order valence-corrected chi connectivity index (χ4v) is 2.96. The second-order valence-corrected chi connectivity index (χ2v) is 8.37. The van der Waals surface area contributed by atoms with Crippen LogP contribution in [0, 0.1) is 0 Å². The molecule has 118 valence electrons. The summed E-state index contributed by atoms with van der Waals surface area (Å²) in [6.45, 7) is 17.2. The summed E-state index contributed by atoms with van der Waals surface area (Å²) in [5, 5.41) is 0. The molecule has 2 atom stereocenters. The van der Waals surface area contributed by atoms with Gasteiger partial charge in [-0.2, -0.15) is 0 Å². The second kappa shape index (κ2) is 6.19. The molecule has 0 aromatic heterocycles. The van der Waals surface area contributed by atoms with Crippen molar-refractivity contribution in [1.82, 2.24) is 0 Å². The minimum atomic E-state index is -0.220. The summed E-state index contributed by atoms with van der Waals surface area (Å²) in [6.07, 6.45) is 6.73. The lowest BCUT2D eigenvalue weighted by atomic mass is 9.85. The molecule has 0 amide bonds. The highest BCUT2D eigenvalue weighted by Crippen LogP contribution is 2.36. The minimum absolute atomic E-state index is 0.135. The molecule has 0 aromatic carbocycles. The van der Waals surface area contributed by atoms with Gasteiger partial charge in [0.25, 0.3) is 0 Å². The maximum atomic E-state index is 6.44. The third kappa shape index (κ3) is 5.97. The fourth-order valence-electron chi connectivity index (χ4n) is 2.96. The van der Waals surface area contributed by atoms with Crippen molar-refractivity contribution in [3.05, 3.63) is 11.6 Å². The summed E-state index contributed by atoms with van der Waals surface area (Å²) in [5.41, 5.74) is 0.976. The van der Waals surface area contributed by atoms with Gasteiger partial charge in [0.05, 0.1) is 22.9 Å². The van der Waals surface area contributed by atoms with Gasteiger partial charge in [-0.15, -0.1) is 0 Å². The van der Waals surface area contributed by atoms with E-state index in [0.717, 1.165) is 25.7 Å². The Morgan fingerprint density at radius 2 is 1.70 bits per heavy atom. The first-order valence-electron chi connectivity index (χ1n) is 7.95.